The largest absolute Gasteiger partial charge is 0.473 e. The van der Waals surface area contributed by atoms with Crippen molar-refractivity contribution in [2.45, 2.75) is 63.4 Å². The minimum Gasteiger partial charge on any atom is -0.473 e. The summed E-state index contributed by atoms with van der Waals surface area (Å²) < 4.78 is 46.0. The van der Waals surface area contributed by atoms with E-state index in [9.17, 15) is 27.6 Å². The molecule has 178 valence electrons. The standard InChI is InChI=1S/C21H24F3N5O4/c1-11(21(22,23)24)10-14-19(31)29(20(32)26-14)12-5-7-13(8-6-12)33-18-16(17(25)30)15-4-2-3-9-28(15)27-18/h2-4,9,11-14H,5-8,10H2,1H3,(H2,25,30)(H,26,32). The number of carbonyl (C=O) groups is 3. The maximum Gasteiger partial charge on any atom is 0.391 e. The Morgan fingerprint density at radius 3 is 2.61 bits per heavy atom. The second-order valence-electron chi connectivity index (χ2n) is 8.51. The fourth-order valence-corrected chi connectivity index (χ4v) is 4.41. The first-order valence-corrected chi connectivity index (χ1v) is 10.7. The lowest BCUT2D eigenvalue weighted by molar-refractivity contribution is -0.172. The van der Waals surface area contributed by atoms with E-state index in [1.807, 2.05) is 0 Å². The molecule has 3 heterocycles. The first kappa shape index (κ1) is 22.9. The second-order valence-corrected chi connectivity index (χ2v) is 8.51. The number of hydrogen-bond acceptors (Lipinski definition) is 5. The lowest BCUT2D eigenvalue weighted by Crippen LogP contribution is -2.44. The van der Waals surface area contributed by atoms with Crippen LogP contribution in [0.5, 0.6) is 5.88 Å². The van der Waals surface area contributed by atoms with Gasteiger partial charge in [0.15, 0.2) is 0 Å². The van der Waals surface area contributed by atoms with Gasteiger partial charge >= 0.3 is 12.2 Å². The molecule has 12 heteroatoms. The predicted molar refractivity (Wildman–Crippen MR) is 109 cm³/mol. The molecule has 4 rings (SSSR count). The maximum atomic E-state index is 12.9. The van der Waals surface area contributed by atoms with E-state index in [0.717, 1.165) is 11.8 Å². The highest BCUT2D eigenvalue weighted by atomic mass is 19.4. The number of fused-ring (bicyclic) bond motifs is 1. The van der Waals surface area contributed by atoms with Gasteiger partial charge in [-0.15, -0.1) is 5.10 Å². The van der Waals surface area contributed by atoms with Gasteiger partial charge in [0.25, 0.3) is 11.8 Å². The topological polar surface area (TPSA) is 119 Å². The molecule has 2 unspecified atom stereocenters. The van der Waals surface area contributed by atoms with Crippen molar-refractivity contribution in [3.05, 3.63) is 30.0 Å². The maximum absolute atomic E-state index is 12.9. The molecule has 9 nitrogen and oxygen atoms in total. The molecular weight excluding hydrogens is 443 g/mol. The van der Waals surface area contributed by atoms with Crippen LogP contribution in [0.4, 0.5) is 18.0 Å². The molecule has 2 fully saturated rings. The van der Waals surface area contributed by atoms with Gasteiger partial charge in [0.2, 0.25) is 5.88 Å². The molecule has 2 atom stereocenters. The highest BCUT2D eigenvalue weighted by Crippen LogP contribution is 2.33. The number of primary amides is 1. The number of rotatable bonds is 6. The summed E-state index contributed by atoms with van der Waals surface area (Å²) in [7, 11) is 0. The zero-order valence-electron chi connectivity index (χ0n) is 17.8. The number of carbonyl (C=O) groups excluding carboxylic acids is 3. The van der Waals surface area contributed by atoms with E-state index in [0.29, 0.717) is 31.2 Å². The third-order valence-corrected chi connectivity index (χ3v) is 6.24. The Morgan fingerprint density at radius 1 is 1.27 bits per heavy atom. The Balaban J connectivity index is 1.39. The molecule has 0 radical (unpaired) electrons. The number of urea groups is 1. The van der Waals surface area contributed by atoms with Gasteiger partial charge in [0, 0.05) is 12.2 Å². The van der Waals surface area contributed by atoms with E-state index in [1.165, 1.54) is 4.52 Å². The Bertz CT molecular complexity index is 1080. The molecule has 1 aliphatic carbocycles. The summed E-state index contributed by atoms with van der Waals surface area (Å²) in [5.41, 5.74) is 6.20. The lowest BCUT2D eigenvalue weighted by Gasteiger charge is -2.32. The molecule has 2 aromatic heterocycles. The van der Waals surface area contributed by atoms with Crippen molar-refractivity contribution >= 4 is 23.4 Å². The van der Waals surface area contributed by atoms with Gasteiger partial charge in [-0.3, -0.25) is 14.5 Å². The fourth-order valence-electron chi connectivity index (χ4n) is 4.41. The molecule has 2 aromatic rings. The zero-order valence-corrected chi connectivity index (χ0v) is 17.8. The molecule has 0 bridgehead atoms. The number of aromatic nitrogens is 2. The van der Waals surface area contributed by atoms with Crippen molar-refractivity contribution in [1.29, 1.82) is 0 Å². The van der Waals surface area contributed by atoms with Crippen LogP contribution in [0, 0.1) is 5.92 Å². The van der Waals surface area contributed by atoms with Crippen LogP contribution < -0.4 is 15.8 Å². The van der Waals surface area contributed by atoms with Gasteiger partial charge < -0.3 is 15.8 Å². The van der Waals surface area contributed by atoms with Crippen LogP contribution in [0.1, 0.15) is 49.4 Å². The van der Waals surface area contributed by atoms with Crippen LogP contribution in [-0.4, -0.2) is 56.7 Å². The van der Waals surface area contributed by atoms with Crippen LogP contribution in [0.15, 0.2) is 24.4 Å². The van der Waals surface area contributed by atoms with Gasteiger partial charge in [0.05, 0.1) is 11.4 Å². The molecule has 3 N–H and O–H groups in total. The number of nitrogens with two attached hydrogens (primary N) is 1. The average molecular weight is 467 g/mol. The number of nitrogens with zero attached hydrogens (tertiary/aromatic N) is 3. The Kier molecular flexibility index (Phi) is 5.93. The number of amides is 4. The first-order valence-electron chi connectivity index (χ1n) is 10.7. The number of pyridine rings is 1. The minimum absolute atomic E-state index is 0.119. The molecule has 2 aliphatic rings. The van der Waals surface area contributed by atoms with Crippen molar-refractivity contribution in [3.8, 4) is 5.88 Å². The van der Waals surface area contributed by atoms with E-state index in [2.05, 4.69) is 10.4 Å². The quantitative estimate of drug-likeness (QED) is 0.633. The van der Waals surface area contributed by atoms with Gasteiger partial charge in [-0.2, -0.15) is 13.2 Å². The predicted octanol–water partition coefficient (Wildman–Crippen LogP) is 2.63. The second kappa shape index (κ2) is 8.56. The number of halogens is 3. The number of ether oxygens (including phenoxy) is 1. The van der Waals surface area contributed by atoms with Crippen molar-refractivity contribution in [3.63, 3.8) is 0 Å². The van der Waals surface area contributed by atoms with Crippen LogP contribution in [0.3, 0.4) is 0 Å². The molecule has 1 saturated heterocycles. The van der Waals surface area contributed by atoms with E-state index in [4.69, 9.17) is 10.5 Å². The summed E-state index contributed by atoms with van der Waals surface area (Å²) in [6, 6.07) is 2.92. The van der Waals surface area contributed by atoms with Crippen molar-refractivity contribution < 1.29 is 32.3 Å². The molecule has 1 saturated carbocycles. The van der Waals surface area contributed by atoms with Crippen LogP contribution in [0.2, 0.25) is 0 Å². The van der Waals surface area contributed by atoms with Crippen LogP contribution in [0.25, 0.3) is 5.52 Å². The normalized spacial score (nSPS) is 24.7. The van der Waals surface area contributed by atoms with E-state index in [1.54, 1.807) is 24.4 Å². The summed E-state index contributed by atoms with van der Waals surface area (Å²) in [4.78, 5) is 38.0. The van der Waals surface area contributed by atoms with Crippen molar-refractivity contribution in [2.75, 3.05) is 0 Å². The van der Waals surface area contributed by atoms with Crippen LogP contribution >= 0.6 is 0 Å². The molecular formula is C21H24F3N5O4. The Morgan fingerprint density at radius 2 is 1.97 bits per heavy atom. The smallest absolute Gasteiger partial charge is 0.391 e. The molecule has 0 spiro atoms. The average Bonchev–Trinajstić information content (AvgIpc) is 3.24. The molecule has 33 heavy (non-hydrogen) atoms. The summed E-state index contributed by atoms with van der Waals surface area (Å²) in [6.07, 6.45) is -1.79. The monoisotopic (exact) mass is 467 g/mol. The number of hydrogen-bond donors (Lipinski definition) is 2. The molecule has 4 amide bonds. The minimum atomic E-state index is -4.44. The highest BCUT2D eigenvalue weighted by Gasteiger charge is 2.46. The van der Waals surface area contributed by atoms with E-state index < -0.39 is 48.4 Å². The number of imide groups is 1. The number of nitrogens with one attached hydrogen (secondary N) is 1. The van der Waals surface area contributed by atoms with E-state index in [-0.39, 0.29) is 17.5 Å². The van der Waals surface area contributed by atoms with Gasteiger partial charge in [-0.1, -0.05) is 13.0 Å². The van der Waals surface area contributed by atoms with E-state index >= 15 is 0 Å². The summed E-state index contributed by atoms with van der Waals surface area (Å²) in [6.45, 7) is 0.990. The van der Waals surface area contributed by atoms with Crippen molar-refractivity contribution in [1.82, 2.24) is 19.8 Å². The lowest BCUT2D eigenvalue weighted by atomic mass is 9.91. The zero-order chi connectivity index (χ0) is 23.9. The van der Waals surface area contributed by atoms with Gasteiger partial charge in [-0.25, -0.2) is 9.31 Å². The fraction of sp³-hybridized carbons (Fsp3) is 0.524. The summed E-state index contributed by atoms with van der Waals surface area (Å²) in [5.74, 6) is -2.88. The van der Waals surface area contributed by atoms with Crippen molar-refractivity contribution in [2.24, 2.45) is 11.7 Å². The summed E-state index contributed by atoms with van der Waals surface area (Å²) >= 11 is 0. The SMILES string of the molecule is CC(CC1NC(=O)N(C2CCC(Oc3nn4ccccc4c3C(N)=O)CC2)C1=O)C(F)(F)F. The van der Waals surface area contributed by atoms with Crippen LogP contribution in [-0.2, 0) is 4.79 Å². The van der Waals surface area contributed by atoms with Gasteiger partial charge in [0.1, 0.15) is 17.7 Å². The first-order chi connectivity index (χ1) is 15.6. The summed E-state index contributed by atoms with van der Waals surface area (Å²) in [5, 5.41) is 6.66. The Hall–Kier alpha value is -3.31. The molecule has 0 aromatic carbocycles. The molecule has 1 aliphatic heterocycles. The highest BCUT2D eigenvalue weighted by molar-refractivity contribution is 6.04. The van der Waals surface area contributed by atoms with Gasteiger partial charge in [-0.05, 0) is 44.2 Å². The Labute approximate surface area is 187 Å². The third kappa shape index (κ3) is 4.46. The number of alkyl halides is 3. The third-order valence-electron chi connectivity index (χ3n) is 6.24.